The Morgan fingerprint density at radius 1 is 1.39 bits per heavy atom. The molecular weight excluding hydrogens is 300 g/mol. The van der Waals surface area contributed by atoms with E-state index in [1.807, 2.05) is 6.07 Å². The van der Waals surface area contributed by atoms with Crippen LogP contribution in [0, 0.1) is 0 Å². The monoisotopic (exact) mass is 324 g/mol. The fraction of sp³-hybridized carbons (Fsp3) is 0.562. The normalized spacial score (nSPS) is 16.4. The molecular formula is C16H24N2O5. The fourth-order valence-electron chi connectivity index (χ4n) is 2.23. The first-order valence-electron chi connectivity index (χ1n) is 7.74. The third kappa shape index (κ3) is 6.33. The van der Waals surface area contributed by atoms with E-state index in [0.717, 1.165) is 12.8 Å². The maximum Gasteiger partial charge on any atom is 0.315 e. The molecule has 1 aliphatic heterocycles. The second-order valence-corrected chi connectivity index (χ2v) is 5.38. The molecule has 1 unspecified atom stereocenters. The number of nitrogens with one attached hydrogen (secondary N) is 2. The van der Waals surface area contributed by atoms with E-state index in [9.17, 15) is 9.90 Å². The lowest BCUT2D eigenvalue weighted by molar-refractivity contribution is 0.0792. The van der Waals surface area contributed by atoms with Crippen LogP contribution >= 0.6 is 0 Å². The first-order valence-corrected chi connectivity index (χ1v) is 7.74. The molecule has 2 rings (SSSR count). The van der Waals surface area contributed by atoms with Gasteiger partial charge in [-0.15, -0.1) is 0 Å². The molecule has 1 aromatic rings. The minimum absolute atomic E-state index is 0.0880. The van der Waals surface area contributed by atoms with E-state index in [-0.39, 0.29) is 25.2 Å². The first kappa shape index (κ1) is 17.4. The van der Waals surface area contributed by atoms with Crippen molar-refractivity contribution in [3.63, 3.8) is 0 Å². The van der Waals surface area contributed by atoms with Gasteiger partial charge in [0.2, 0.25) is 0 Å². The zero-order valence-corrected chi connectivity index (χ0v) is 13.3. The number of carbonyl (C=O) groups is 1. The minimum Gasteiger partial charge on any atom is -0.497 e. The summed E-state index contributed by atoms with van der Waals surface area (Å²) in [6.45, 7) is 1.55. The molecule has 1 heterocycles. The van der Waals surface area contributed by atoms with Crippen LogP contribution in [0.2, 0.25) is 0 Å². The minimum atomic E-state index is -0.790. The summed E-state index contributed by atoms with van der Waals surface area (Å²) in [4.78, 5) is 11.7. The van der Waals surface area contributed by atoms with Gasteiger partial charge in [-0.1, -0.05) is 6.07 Å². The van der Waals surface area contributed by atoms with Crippen molar-refractivity contribution in [3.05, 3.63) is 24.3 Å². The van der Waals surface area contributed by atoms with Gasteiger partial charge in [-0.3, -0.25) is 0 Å². The highest BCUT2D eigenvalue weighted by Gasteiger charge is 2.16. The van der Waals surface area contributed by atoms with Crippen molar-refractivity contribution in [2.75, 3.05) is 33.5 Å². The predicted molar refractivity (Wildman–Crippen MR) is 84.9 cm³/mol. The quantitative estimate of drug-likeness (QED) is 0.694. The number of amides is 2. The number of hydrogen-bond donors (Lipinski definition) is 3. The van der Waals surface area contributed by atoms with Gasteiger partial charge in [0.15, 0.2) is 0 Å². The van der Waals surface area contributed by atoms with Crippen LogP contribution in [0.1, 0.15) is 12.8 Å². The number of hydrogen-bond acceptors (Lipinski definition) is 5. The Hall–Kier alpha value is -1.99. The van der Waals surface area contributed by atoms with E-state index in [4.69, 9.17) is 14.2 Å². The lowest BCUT2D eigenvalue weighted by Gasteiger charge is -2.23. The molecule has 1 aliphatic rings. The third-order valence-corrected chi connectivity index (χ3v) is 3.54. The molecule has 0 spiro atoms. The molecule has 7 nitrogen and oxygen atoms in total. The standard InChI is InChI=1S/C16H24N2O5/c1-21-14-3-2-4-15(9-14)23-11-13(19)10-17-16(20)18-12-5-7-22-8-6-12/h2-4,9,12-13,19H,5-8,10-11H2,1H3,(H2,17,18,20). The van der Waals surface area contributed by atoms with Crippen LogP contribution in [0.25, 0.3) is 0 Å². The van der Waals surface area contributed by atoms with E-state index >= 15 is 0 Å². The third-order valence-electron chi connectivity index (χ3n) is 3.54. The zero-order chi connectivity index (χ0) is 16.5. The van der Waals surface area contributed by atoms with E-state index in [2.05, 4.69) is 10.6 Å². The Morgan fingerprint density at radius 2 is 2.13 bits per heavy atom. The Morgan fingerprint density at radius 3 is 2.87 bits per heavy atom. The van der Waals surface area contributed by atoms with Crippen LogP contribution in [0.3, 0.4) is 0 Å². The Bertz CT molecular complexity index is 491. The number of methoxy groups -OCH3 is 1. The van der Waals surface area contributed by atoms with Crippen molar-refractivity contribution in [1.29, 1.82) is 0 Å². The van der Waals surface area contributed by atoms with Crippen molar-refractivity contribution < 1.29 is 24.1 Å². The molecule has 7 heteroatoms. The average Bonchev–Trinajstić information content (AvgIpc) is 2.59. The number of benzene rings is 1. The number of aliphatic hydroxyl groups is 1. The Labute approximate surface area is 135 Å². The van der Waals surface area contributed by atoms with Crippen molar-refractivity contribution >= 4 is 6.03 Å². The van der Waals surface area contributed by atoms with Gasteiger partial charge in [0.1, 0.15) is 24.2 Å². The van der Waals surface area contributed by atoms with E-state index in [0.29, 0.717) is 24.7 Å². The van der Waals surface area contributed by atoms with Gasteiger partial charge in [0.05, 0.1) is 7.11 Å². The summed E-state index contributed by atoms with van der Waals surface area (Å²) in [7, 11) is 1.58. The summed E-state index contributed by atoms with van der Waals surface area (Å²) in [5, 5.41) is 15.4. The van der Waals surface area contributed by atoms with Crippen molar-refractivity contribution in [3.8, 4) is 11.5 Å². The maximum atomic E-state index is 11.7. The SMILES string of the molecule is COc1cccc(OCC(O)CNC(=O)NC2CCOCC2)c1. The fourth-order valence-corrected chi connectivity index (χ4v) is 2.23. The number of aliphatic hydroxyl groups excluding tert-OH is 1. The highest BCUT2D eigenvalue weighted by atomic mass is 16.5. The van der Waals surface area contributed by atoms with Crippen LogP contribution in [0.4, 0.5) is 4.79 Å². The summed E-state index contributed by atoms with van der Waals surface area (Å²) in [5.74, 6) is 1.29. The molecule has 1 aromatic carbocycles. The topological polar surface area (TPSA) is 89.0 Å². The molecule has 1 saturated heterocycles. The highest BCUT2D eigenvalue weighted by Crippen LogP contribution is 2.18. The smallest absolute Gasteiger partial charge is 0.315 e. The van der Waals surface area contributed by atoms with Crippen LogP contribution in [-0.4, -0.2) is 56.8 Å². The van der Waals surface area contributed by atoms with Gasteiger partial charge in [-0.05, 0) is 25.0 Å². The molecule has 23 heavy (non-hydrogen) atoms. The van der Waals surface area contributed by atoms with Gasteiger partial charge in [-0.2, -0.15) is 0 Å². The summed E-state index contributed by atoms with van der Waals surface area (Å²) in [5.41, 5.74) is 0. The second-order valence-electron chi connectivity index (χ2n) is 5.38. The van der Waals surface area contributed by atoms with Crippen LogP contribution < -0.4 is 20.1 Å². The van der Waals surface area contributed by atoms with Crippen LogP contribution in [-0.2, 0) is 4.74 Å². The molecule has 0 aliphatic carbocycles. The van der Waals surface area contributed by atoms with E-state index < -0.39 is 6.10 Å². The van der Waals surface area contributed by atoms with Crippen molar-refractivity contribution in [2.45, 2.75) is 25.0 Å². The molecule has 128 valence electrons. The van der Waals surface area contributed by atoms with Crippen molar-refractivity contribution in [2.24, 2.45) is 0 Å². The molecule has 3 N–H and O–H groups in total. The van der Waals surface area contributed by atoms with Crippen LogP contribution in [0.15, 0.2) is 24.3 Å². The first-order chi connectivity index (χ1) is 11.2. The maximum absolute atomic E-state index is 11.7. The molecule has 2 amide bonds. The largest absolute Gasteiger partial charge is 0.497 e. The van der Waals surface area contributed by atoms with E-state index in [1.165, 1.54) is 0 Å². The molecule has 0 bridgehead atoms. The molecule has 0 radical (unpaired) electrons. The summed E-state index contributed by atoms with van der Waals surface area (Å²) in [6.07, 6.45) is 0.839. The zero-order valence-electron chi connectivity index (χ0n) is 13.3. The molecule has 0 aromatic heterocycles. The molecule has 0 saturated carbocycles. The highest BCUT2D eigenvalue weighted by molar-refractivity contribution is 5.74. The van der Waals surface area contributed by atoms with Crippen LogP contribution in [0.5, 0.6) is 11.5 Å². The number of carbonyl (C=O) groups excluding carboxylic acids is 1. The van der Waals surface area contributed by atoms with Gasteiger partial charge in [0, 0.05) is 31.9 Å². The lowest BCUT2D eigenvalue weighted by Crippen LogP contribution is -2.47. The van der Waals surface area contributed by atoms with Gasteiger partial charge in [0.25, 0.3) is 0 Å². The lowest BCUT2D eigenvalue weighted by atomic mass is 10.1. The van der Waals surface area contributed by atoms with E-state index in [1.54, 1.807) is 25.3 Å². The van der Waals surface area contributed by atoms with Gasteiger partial charge < -0.3 is 30.0 Å². The Balaban J connectivity index is 1.63. The number of urea groups is 1. The van der Waals surface area contributed by atoms with Crippen molar-refractivity contribution in [1.82, 2.24) is 10.6 Å². The Kier molecular flexibility index (Phi) is 6.96. The van der Waals surface area contributed by atoms with Gasteiger partial charge in [-0.25, -0.2) is 4.79 Å². The molecule has 1 atom stereocenters. The summed E-state index contributed by atoms with van der Waals surface area (Å²) >= 11 is 0. The summed E-state index contributed by atoms with van der Waals surface area (Å²) < 4.78 is 15.8. The van der Waals surface area contributed by atoms with Gasteiger partial charge >= 0.3 is 6.03 Å². The second kappa shape index (κ2) is 9.22. The number of rotatable bonds is 7. The molecule has 1 fully saturated rings. The number of ether oxygens (including phenoxy) is 3. The predicted octanol–water partition coefficient (Wildman–Crippen LogP) is 0.913. The summed E-state index contributed by atoms with van der Waals surface area (Å²) in [6, 6.07) is 6.98. The average molecular weight is 324 g/mol.